The maximum absolute atomic E-state index is 12.7. The fourth-order valence-electron chi connectivity index (χ4n) is 1.56. The van der Waals surface area contributed by atoms with Gasteiger partial charge in [0.2, 0.25) is 0 Å². The zero-order valence-corrected chi connectivity index (χ0v) is 11.2. The monoisotopic (exact) mass is 285 g/mol. The summed E-state index contributed by atoms with van der Waals surface area (Å²) >= 11 is 0. The molecule has 0 aliphatic heterocycles. The number of nitrogens with zero attached hydrogens (tertiary/aromatic N) is 1. The highest BCUT2D eigenvalue weighted by atomic mass is 19.1. The van der Waals surface area contributed by atoms with E-state index in [2.05, 4.69) is 0 Å². The van der Waals surface area contributed by atoms with Gasteiger partial charge in [0, 0.05) is 0 Å². The van der Waals surface area contributed by atoms with Crippen molar-refractivity contribution in [3.8, 4) is 17.6 Å². The molecule has 0 saturated carbocycles. The highest BCUT2D eigenvalue weighted by Gasteiger charge is 2.17. The maximum Gasteiger partial charge on any atom is 0.352 e. The zero-order chi connectivity index (χ0) is 15.2. The molecule has 2 rings (SSSR count). The molecule has 1 unspecified atom stereocenters. The standard InChI is InChI=1S/C16H12FNO3/c1-11(20-14-6-2-12(10-18)3-7-14)16(19)21-15-8-4-13(17)5-9-15/h2-9,11H,1H3. The van der Waals surface area contributed by atoms with Gasteiger partial charge in [-0.25, -0.2) is 9.18 Å². The molecule has 0 fully saturated rings. The number of rotatable bonds is 4. The number of esters is 1. The van der Waals surface area contributed by atoms with E-state index in [0.29, 0.717) is 11.3 Å². The molecule has 0 bridgehead atoms. The third-order valence-electron chi connectivity index (χ3n) is 2.66. The molecule has 0 radical (unpaired) electrons. The molecule has 0 N–H and O–H groups in total. The van der Waals surface area contributed by atoms with Gasteiger partial charge in [-0.1, -0.05) is 0 Å². The smallest absolute Gasteiger partial charge is 0.352 e. The lowest BCUT2D eigenvalue weighted by atomic mass is 10.2. The summed E-state index contributed by atoms with van der Waals surface area (Å²) in [6.07, 6.45) is -0.831. The first kappa shape index (κ1) is 14.5. The van der Waals surface area contributed by atoms with E-state index in [9.17, 15) is 9.18 Å². The van der Waals surface area contributed by atoms with Crippen molar-refractivity contribution < 1.29 is 18.7 Å². The lowest BCUT2D eigenvalue weighted by Crippen LogP contribution is -2.28. The van der Waals surface area contributed by atoms with E-state index in [4.69, 9.17) is 14.7 Å². The van der Waals surface area contributed by atoms with Crippen molar-refractivity contribution >= 4 is 5.97 Å². The number of halogens is 1. The predicted molar refractivity (Wildman–Crippen MR) is 73.3 cm³/mol. The Kier molecular flexibility index (Phi) is 4.52. The molecule has 2 aromatic carbocycles. The van der Waals surface area contributed by atoms with Crippen LogP contribution in [0.1, 0.15) is 12.5 Å². The van der Waals surface area contributed by atoms with Gasteiger partial charge >= 0.3 is 5.97 Å². The second kappa shape index (κ2) is 6.53. The zero-order valence-electron chi connectivity index (χ0n) is 11.2. The molecule has 0 amide bonds. The number of ether oxygens (including phenoxy) is 2. The van der Waals surface area contributed by atoms with Gasteiger partial charge in [0.25, 0.3) is 0 Å². The Morgan fingerprint density at radius 1 is 1.10 bits per heavy atom. The van der Waals surface area contributed by atoms with Crippen LogP contribution in [0, 0.1) is 17.1 Å². The minimum absolute atomic E-state index is 0.247. The van der Waals surface area contributed by atoms with Crippen LogP contribution in [0.5, 0.6) is 11.5 Å². The summed E-state index contributed by atoms with van der Waals surface area (Å²) in [6.45, 7) is 1.55. The van der Waals surface area contributed by atoms with Gasteiger partial charge in [0.1, 0.15) is 17.3 Å². The van der Waals surface area contributed by atoms with Crippen LogP contribution in [0.25, 0.3) is 0 Å². The minimum atomic E-state index is -0.831. The first-order chi connectivity index (χ1) is 10.1. The summed E-state index contributed by atoms with van der Waals surface area (Å²) in [4.78, 5) is 11.8. The average Bonchev–Trinajstić information content (AvgIpc) is 2.50. The fourth-order valence-corrected chi connectivity index (χ4v) is 1.56. The summed E-state index contributed by atoms with van der Waals surface area (Å²) in [7, 11) is 0. The van der Waals surface area contributed by atoms with Crippen LogP contribution in [-0.4, -0.2) is 12.1 Å². The summed E-state index contributed by atoms with van der Waals surface area (Å²) in [5.41, 5.74) is 0.504. The molecule has 0 saturated heterocycles. The van der Waals surface area contributed by atoms with Crippen LogP contribution >= 0.6 is 0 Å². The molecule has 0 spiro atoms. The van der Waals surface area contributed by atoms with Gasteiger partial charge in [-0.15, -0.1) is 0 Å². The molecule has 1 atom stereocenters. The van der Waals surface area contributed by atoms with Crippen molar-refractivity contribution in [2.75, 3.05) is 0 Å². The predicted octanol–water partition coefficient (Wildman–Crippen LogP) is 3.07. The molecule has 0 aliphatic rings. The van der Waals surface area contributed by atoms with Crippen LogP contribution in [-0.2, 0) is 4.79 Å². The molecule has 5 heteroatoms. The number of carbonyl (C=O) groups is 1. The lowest BCUT2D eigenvalue weighted by molar-refractivity contribution is -0.141. The van der Waals surface area contributed by atoms with Gasteiger partial charge in [-0.05, 0) is 55.5 Å². The van der Waals surface area contributed by atoms with Crippen LogP contribution in [0.3, 0.4) is 0 Å². The van der Waals surface area contributed by atoms with Crippen LogP contribution < -0.4 is 9.47 Å². The summed E-state index contributed by atoms with van der Waals surface area (Å²) in [5, 5.41) is 8.69. The molecule has 0 aliphatic carbocycles. The van der Waals surface area contributed by atoms with Crippen LogP contribution in [0.15, 0.2) is 48.5 Å². The molecular weight excluding hydrogens is 273 g/mol. The summed E-state index contributed by atoms with van der Waals surface area (Å²) < 4.78 is 23.2. The van der Waals surface area contributed by atoms with Crippen molar-refractivity contribution in [2.45, 2.75) is 13.0 Å². The molecule has 2 aromatic rings. The highest BCUT2D eigenvalue weighted by Crippen LogP contribution is 2.16. The molecule has 21 heavy (non-hydrogen) atoms. The van der Waals surface area contributed by atoms with E-state index >= 15 is 0 Å². The van der Waals surface area contributed by atoms with Crippen LogP contribution in [0.4, 0.5) is 4.39 Å². The maximum atomic E-state index is 12.7. The largest absolute Gasteiger partial charge is 0.479 e. The second-order valence-electron chi connectivity index (χ2n) is 4.27. The Morgan fingerprint density at radius 3 is 2.24 bits per heavy atom. The van der Waals surface area contributed by atoms with E-state index < -0.39 is 17.9 Å². The topological polar surface area (TPSA) is 59.3 Å². The Bertz CT molecular complexity index is 659. The molecule has 106 valence electrons. The molecule has 4 nitrogen and oxygen atoms in total. The fraction of sp³-hybridized carbons (Fsp3) is 0.125. The first-order valence-corrected chi connectivity index (χ1v) is 6.22. The van der Waals surface area contributed by atoms with Gasteiger partial charge in [0.05, 0.1) is 11.6 Å². The quantitative estimate of drug-likeness (QED) is 0.640. The van der Waals surface area contributed by atoms with Gasteiger partial charge < -0.3 is 9.47 Å². The van der Waals surface area contributed by atoms with Gasteiger partial charge in [-0.2, -0.15) is 5.26 Å². The van der Waals surface area contributed by atoms with Crippen molar-refractivity contribution in [3.05, 3.63) is 59.9 Å². The lowest BCUT2D eigenvalue weighted by Gasteiger charge is -2.13. The van der Waals surface area contributed by atoms with Gasteiger partial charge in [-0.3, -0.25) is 0 Å². The molecular formula is C16H12FNO3. The summed E-state index contributed by atoms with van der Waals surface area (Å²) in [5.74, 6) is -0.295. The minimum Gasteiger partial charge on any atom is -0.479 e. The second-order valence-corrected chi connectivity index (χ2v) is 4.27. The first-order valence-electron chi connectivity index (χ1n) is 6.22. The number of carbonyl (C=O) groups excluding carboxylic acids is 1. The Morgan fingerprint density at radius 2 is 1.67 bits per heavy atom. The van der Waals surface area contributed by atoms with Crippen molar-refractivity contribution in [1.82, 2.24) is 0 Å². The number of nitriles is 1. The Hall–Kier alpha value is -2.87. The van der Waals surface area contributed by atoms with E-state index in [1.165, 1.54) is 24.3 Å². The number of hydrogen-bond donors (Lipinski definition) is 0. The van der Waals surface area contributed by atoms with E-state index in [1.807, 2.05) is 6.07 Å². The van der Waals surface area contributed by atoms with Gasteiger partial charge in [0.15, 0.2) is 6.10 Å². The Labute approximate surface area is 121 Å². The average molecular weight is 285 g/mol. The van der Waals surface area contributed by atoms with E-state index in [-0.39, 0.29) is 5.75 Å². The molecule has 0 heterocycles. The Balaban J connectivity index is 1.95. The van der Waals surface area contributed by atoms with E-state index in [0.717, 1.165) is 0 Å². The third kappa shape index (κ3) is 4.05. The van der Waals surface area contributed by atoms with Crippen molar-refractivity contribution in [2.24, 2.45) is 0 Å². The normalized spacial score (nSPS) is 11.3. The number of hydrogen-bond acceptors (Lipinski definition) is 4. The van der Waals surface area contributed by atoms with Crippen molar-refractivity contribution in [1.29, 1.82) is 5.26 Å². The highest BCUT2D eigenvalue weighted by molar-refractivity contribution is 5.77. The summed E-state index contributed by atoms with van der Waals surface area (Å²) in [6, 6.07) is 13.5. The third-order valence-corrected chi connectivity index (χ3v) is 2.66. The van der Waals surface area contributed by atoms with E-state index in [1.54, 1.807) is 31.2 Å². The molecule has 0 aromatic heterocycles. The van der Waals surface area contributed by atoms with Crippen molar-refractivity contribution in [3.63, 3.8) is 0 Å². The van der Waals surface area contributed by atoms with Crippen LogP contribution in [0.2, 0.25) is 0 Å². The number of benzene rings is 2. The SMILES string of the molecule is CC(Oc1ccc(C#N)cc1)C(=O)Oc1ccc(F)cc1.